The lowest BCUT2D eigenvalue weighted by Gasteiger charge is -2.23. The molecule has 0 saturated carbocycles. The Morgan fingerprint density at radius 3 is 2.95 bits per heavy atom. The van der Waals surface area contributed by atoms with Gasteiger partial charge in [-0.15, -0.1) is 0 Å². The molecule has 5 nitrogen and oxygen atoms in total. The van der Waals surface area contributed by atoms with E-state index in [-0.39, 0.29) is 17.2 Å². The molecule has 3 rings (SSSR count). The van der Waals surface area contributed by atoms with Crippen LogP contribution in [0.15, 0.2) is 18.2 Å². The summed E-state index contributed by atoms with van der Waals surface area (Å²) in [7, 11) is 0. The monoisotopic (exact) mass is 273 g/mol. The normalized spacial score (nSPS) is 24.9. The van der Waals surface area contributed by atoms with Gasteiger partial charge < -0.3 is 16.0 Å². The van der Waals surface area contributed by atoms with Gasteiger partial charge in [-0.25, -0.2) is 0 Å². The zero-order valence-corrected chi connectivity index (χ0v) is 11.6. The number of rotatable bonds is 2. The van der Waals surface area contributed by atoms with E-state index in [1.165, 1.54) is 0 Å². The summed E-state index contributed by atoms with van der Waals surface area (Å²) in [6.45, 7) is 3.60. The molecule has 0 aliphatic carbocycles. The van der Waals surface area contributed by atoms with Gasteiger partial charge in [0.1, 0.15) is 0 Å². The third kappa shape index (κ3) is 2.41. The highest BCUT2D eigenvalue weighted by Gasteiger charge is 2.36. The van der Waals surface area contributed by atoms with Gasteiger partial charge in [-0.1, -0.05) is 0 Å². The number of anilines is 2. The molecule has 2 amide bonds. The van der Waals surface area contributed by atoms with Crippen LogP contribution in [0, 0.1) is 5.41 Å². The zero-order valence-electron chi connectivity index (χ0n) is 11.6. The quantitative estimate of drug-likeness (QED) is 0.765. The first-order valence-corrected chi connectivity index (χ1v) is 7.02. The summed E-state index contributed by atoms with van der Waals surface area (Å²) in [5.41, 5.74) is 2.41. The van der Waals surface area contributed by atoms with Gasteiger partial charge in [-0.05, 0) is 50.1 Å². The number of hydrogen-bond acceptors (Lipinski definition) is 3. The molecule has 1 saturated heterocycles. The Labute approximate surface area is 118 Å². The van der Waals surface area contributed by atoms with Gasteiger partial charge in [0.2, 0.25) is 11.8 Å². The minimum atomic E-state index is -0.329. The molecule has 2 aliphatic rings. The standard InChI is InChI=1S/C15H19N3O2/c1-15(6-7-16-9-15)14(20)17-11-3-4-12-10(8-11)2-5-13(19)18-12/h3-4,8,16H,2,5-7,9H2,1H3,(H,17,20)(H,18,19). The van der Waals surface area contributed by atoms with Crippen molar-refractivity contribution in [3.63, 3.8) is 0 Å². The van der Waals surface area contributed by atoms with E-state index in [1.807, 2.05) is 25.1 Å². The van der Waals surface area contributed by atoms with E-state index in [0.717, 1.165) is 42.9 Å². The molecule has 0 spiro atoms. The van der Waals surface area contributed by atoms with E-state index >= 15 is 0 Å². The van der Waals surface area contributed by atoms with Crippen LogP contribution in [0.4, 0.5) is 11.4 Å². The van der Waals surface area contributed by atoms with E-state index < -0.39 is 0 Å². The summed E-state index contributed by atoms with van der Waals surface area (Å²) in [6, 6.07) is 5.66. The highest BCUT2D eigenvalue weighted by molar-refractivity contribution is 5.97. The van der Waals surface area contributed by atoms with Crippen molar-refractivity contribution in [1.82, 2.24) is 5.32 Å². The summed E-state index contributed by atoms with van der Waals surface area (Å²) in [4.78, 5) is 23.7. The van der Waals surface area contributed by atoms with Crippen molar-refractivity contribution < 1.29 is 9.59 Å². The fourth-order valence-electron chi connectivity index (χ4n) is 2.75. The van der Waals surface area contributed by atoms with Gasteiger partial charge in [0.25, 0.3) is 0 Å². The third-order valence-electron chi connectivity index (χ3n) is 4.18. The van der Waals surface area contributed by atoms with Gasteiger partial charge in [-0.3, -0.25) is 9.59 Å². The van der Waals surface area contributed by atoms with Gasteiger partial charge in [0, 0.05) is 24.3 Å². The van der Waals surface area contributed by atoms with Crippen LogP contribution < -0.4 is 16.0 Å². The summed E-state index contributed by atoms with van der Waals surface area (Å²) < 4.78 is 0. The van der Waals surface area contributed by atoms with Crippen molar-refractivity contribution in [2.75, 3.05) is 23.7 Å². The molecule has 0 radical (unpaired) electrons. The van der Waals surface area contributed by atoms with Crippen LogP contribution in [0.1, 0.15) is 25.3 Å². The Bertz CT molecular complexity index is 562. The Morgan fingerprint density at radius 2 is 2.20 bits per heavy atom. The molecule has 1 aromatic rings. The molecular weight excluding hydrogens is 254 g/mol. The SMILES string of the molecule is CC1(C(=O)Nc2ccc3c(c2)CCC(=O)N3)CCNC1. The highest BCUT2D eigenvalue weighted by atomic mass is 16.2. The molecule has 2 heterocycles. The number of nitrogens with one attached hydrogen (secondary N) is 3. The topological polar surface area (TPSA) is 70.2 Å². The minimum absolute atomic E-state index is 0.0545. The Hall–Kier alpha value is -1.88. The van der Waals surface area contributed by atoms with Crippen molar-refractivity contribution in [2.45, 2.75) is 26.2 Å². The van der Waals surface area contributed by atoms with Crippen LogP contribution in [0.5, 0.6) is 0 Å². The molecule has 0 aromatic heterocycles. The van der Waals surface area contributed by atoms with E-state index in [1.54, 1.807) is 0 Å². The van der Waals surface area contributed by atoms with E-state index in [2.05, 4.69) is 16.0 Å². The molecule has 106 valence electrons. The summed E-state index contributed by atoms with van der Waals surface area (Å²) in [5.74, 6) is 0.112. The van der Waals surface area contributed by atoms with Crippen LogP contribution in [0.3, 0.4) is 0 Å². The van der Waals surface area contributed by atoms with E-state index in [4.69, 9.17) is 0 Å². The van der Waals surface area contributed by atoms with Gasteiger partial charge >= 0.3 is 0 Å². The Morgan fingerprint density at radius 1 is 1.35 bits per heavy atom. The lowest BCUT2D eigenvalue weighted by molar-refractivity contribution is -0.123. The zero-order chi connectivity index (χ0) is 14.2. The van der Waals surface area contributed by atoms with Crippen LogP contribution in [-0.4, -0.2) is 24.9 Å². The lowest BCUT2D eigenvalue weighted by Crippen LogP contribution is -2.35. The molecule has 1 fully saturated rings. The van der Waals surface area contributed by atoms with Crippen molar-refractivity contribution in [3.05, 3.63) is 23.8 Å². The Kier molecular flexibility index (Phi) is 3.22. The van der Waals surface area contributed by atoms with Crippen LogP contribution in [0.2, 0.25) is 0 Å². The number of aryl methyl sites for hydroxylation is 1. The highest BCUT2D eigenvalue weighted by Crippen LogP contribution is 2.29. The fraction of sp³-hybridized carbons (Fsp3) is 0.467. The second kappa shape index (κ2) is 4.90. The fourth-order valence-corrected chi connectivity index (χ4v) is 2.75. The number of amides is 2. The molecular formula is C15H19N3O2. The minimum Gasteiger partial charge on any atom is -0.326 e. The number of benzene rings is 1. The smallest absolute Gasteiger partial charge is 0.231 e. The largest absolute Gasteiger partial charge is 0.326 e. The average molecular weight is 273 g/mol. The molecule has 1 unspecified atom stereocenters. The van der Waals surface area contributed by atoms with Gasteiger partial charge in [0.05, 0.1) is 5.41 Å². The average Bonchev–Trinajstić information content (AvgIpc) is 2.87. The third-order valence-corrected chi connectivity index (χ3v) is 4.18. The van der Waals surface area contributed by atoms with Crippen LogP contribution in [-0.2, 0) is 16.0 Å². The summed E-state index contributed by atoms with van der Waals surface area (Å²) in [6.07, 6.45) is 2.09. The van der Waals surface area contributed by atoms with Crippen molar-refractivity contribution in [1.29, 1.82) is 0 Å². The first-order chi connectivity index (χ1) is 9.57. The van der Waals surface area contributed by atoms with Gasteiger partial charge in [-0.2, -0.15) is 0 Å². The number of carbonyl (C=O) groups excluding carboxylic acids is 2. The van der Waals surface area contributed by atoms with E-state index in [9.17, 15) is 9.59 Å². The van der Waals surface area contributed by atoms with Crippen molar-refractivity contribution in [3.8, 4) is 0 Å². The number of carbonyl (C=O) groups is 2. The summed E-state index contributed by atoms with van der Waals surface area (Å²) in [5, 5.41) is 9.06. The first kappa shape index (κ1) is 13.1. The van der Waals surface area contributed by atoms with Crippen molar-refractivity contribution >= 4 is 23.2 Å². The molecule has 20 heavy (non-hydrogen) atoms. The van der Waals surface area contributed by atoms with Crippen molar-refractivity contribution in [2.24, 2.45) is 5.41 Å². The molecule has 1 aromatic carbocycles. The lowest BCUT2D eigenvalue weighted by atomic mass is 9.88. The summed E-state index contributed by atoms with van der Waals surface area (Å²) >= 11 is 0. The van der Waals surface area contributed by atoms with Crippen LogP contribution in [0.25, 0.3) is 0 Å². The maximum atomic E-state index is 12.3. The maximum absolute atomic E-state index is 12.3. The molecule has 3 N–H and O–H groups in total. The molecule has 0 bridgehead atoms. The van der Waals surface area contributed by atoms with Gasteiger partial charge in [0.15, 0.2) is 0 Å². The predicted octanol–water partition coefficient (Wildman–Crippen LogP) is 1.51. The molecule has 2 aliphatic heterocycles. The molecule has 5 heteroatoms. The van der Waals surface area contributed by atoms with Crippen LogP contribution >= 0.6 is 0 Å². The first-order valence-electron chi connectivity index (χ1n) is 7.02. The maximum Gasteiger partial charge on any atom is 0.231 e. The second-order valence-corrected chi connectivity index (χ2v) is 5.86. The Balaban J connectivity index is 1.75. The number of hydrogen-bond donors (Lipinski definition) is 3. The predicted molar refractivity (Wildman–Crippen MR) is 77.6 cm³/mol. The second-order valence-electron chi connectivity index (χ2n) is 5.86. The number of fused-ring (bicyclic) bond motifs is 1. The van der Waals surface area contributed by atoms with E-state index in [0.29, 0.717) is 6.42 Å². The molecule has 1 atom stereocenters.